The van der Waals surface area contributed by atoms with E-state index in [0.717, 1.165) is 17.8 Å². The first kappa shape index (κ1) is 16.0. The lowest BCUT2D eigenvalue weighted by atomic mass is 9.62. The minimum Gasteiger partial charge on any atom is -0.0654 e. The highest BCUT2D eigenvalue weighted by Gasteiger charge is 2.36. The summed E-state index contributed by atoms with van der Waals surface area (Å²) in [5.41, 5.74) is 0.509. The minimum atomic E-state index is 0.509. The maximum Gasteiger partial charge on any atom is -0.0295 e. The van der Waals surface area contributed by atoms with Gasteiger partial charge in [-0.2, -0.15) is 0 Å². The van der Waals surface area contributed by atoms with Gasteiger partial charge >= 0.3 is 0 Å². The summed E-state index contributed by atoms with van der Waals surface area (Å²) in [6, 6.07) is 0. The lowest BCUT2D eigenvalue weighted by molar-refractivity contribution is 0.0591. The molecule has 3 atom stereocenters. The van der Waals surface area contributed by atoms with Crippen molar-refractivity contribution in [3.63, 3.8) is 0 Å². The summed E-state index contributed by atoms with van der Waals surface area (Å²) < 4.78 is 0. The number of hydrogen-bond donors (Lipinski definition) is 0. The minimum absolute atomic E-state index is 0.509. The largest absolute Gasteiger partial charge is 0.0654 e. The molecule has 16 heavy (non-hydrogen) atoms. The Hall–Kier alpha value is 0. The van der Waals surface area contributed by atoms with Crippen LogP contribution in [0.2, 0.25) is 0 Å². The molecule has 3 unspecified atom stereocenters. The average Bonchev–Trinajstić information content (AvgIpc) is 2.25. The Kier molecular flexibility index (Phi) is 7.35. The Morgan fingerprint density at radius 1 is 0.875 bits per heavy atom. The van der Waals surface area contributed by atoms with Crippen molar-refractivity contribution >= 4 is 0 Å². The van der Waals surface area contributed by atoms with E-state index in [0.29, 0.717) is 5.41 Å². The van der Waals surface area contributed by atoms with Gasteiger partial charge in [-0.3, -0.25) is 0 Å². The normalized spacial score (nSPS) is 18.2. The molecule has 0 heteroatoms. The topological polar surface area (TPSA) is 0 Å². The smallest absolute Gasteiger partial charge is 0.0295 e. The van der Waals surface area contributed by atoms with Crippen molar-refractivity contribution in [3.8, 4) is 0 Å². The van der Waals surface area contributed by atoms with Crippen LogP contribution in [-0.2, 0) is 0 Å². The molecule has 0 fully saturated rings. The highest BCUT2D eigenvalue weighted by molar-refractivity contribution is 4.86. The fourth-order valence-corrected chi connectivity index (χ4v) is 3.70. The third-order valence-corrected chi connectivity index (χ3v) is 4.91. The molecule has 0 rings (SSSR count). The Morgan fingerprint density at radius 2 is 1.44 bits per heavy atom. The molecule has 0 aliphatic heterocycles. The highest BCUT2D eigenvalue weighted by atomic mass is 14.4. The Bertz CT molecular complexity index is 169. The molecule has 0 nitrogen and oxygen atoms in total. The second-order valence-corrected chi connectivity index (χ2v) is 6.12. The van der Waals surface area contributed by atoms with Gasteiger partial charge in [0.1, 0.15) is 0 Å². The van der Waals surface area contributed by atoms with E-state index >= 15 is 0 Å². The fourth-order valence-electron chi connectivity index (χ4n) is 3.70. The van der Waals surface area contributed by atoms with Gasteiger partial charge < -0.3 is 0 Å². The zero-order valence-corrected chi connectivity index (χ0v) is 12.8. The number of rotatable bonds is 8. The van der Waals surface area contributed by atoms with Crippen LogP contribution >= 0.6 is 0 Å². The predicted molar refractivity (Wildman–Crippen MR) is 75.7 cm³/mol. The van der Waals surface area contributed by atoms with Crippen molar-refractivity contribution < 1.29 is 0 Å². The molecule has 0 aliphatic rings. The van der Waals surface area contributed by atoms with Gasteiger partial charge in [0.25, 0.3) is 0 Å². The van der Waals surface area contributed by atoms with Crippen LogP contribution in [0.25, 0.3) is 0 Å². The van der Waals surface area contributed by atoms with Crippen LogP contribution in [0.4, 0.5) is 0 Å². The van der Waals surface area contributed by atoms with Crippen molar-refractivity contribution in [1.29, 1.82) is 0 Å². The number of hydrogen-bond acceptors (Lipinski definition) is 0. The summed E-state index contributed by atoms with van der Waals surface area (Å²) in [6.07, 6.45) is 6.73. The maximum atomic E-state index is 2.51. The van der Waals surface area contributed by atoms with Crippen LogP contribution in [0.3, 0.4) is 0 Å². The molecule has 0 saturated heterocycles. The van der Waals surface area contributed by atoms with Gasteiger partial charge in [-0.1, -0.05) is 80.6 Å². The van der Waals surface area contributed by atoms with E-state index in [-0.39, 0.29) is 0 Å². The van der Waals surface area contributed by atoms with E-state index in [9.17, 15) is 0 Å². The standard InChI is InChI=1S/C16H34/c1-8-12-14(10-3)16(6,7)15(11-4)13(5)9-2/h13-15H,8-12H2,1-7H3. The van der Waals surface area contributed by atoms with Crippen LogP contribution in [-0.4, -0.2) is 0 Å². The summed E-state index contributed by atoms with van der Waals surface area (Å²) in [5.74, 6) is 2.65. The zero-order chi connectivity index (χ0) is 12.8. The van der Waals surface area contributed by atoms with E-state index in [1.807, 2.05) is 0 Å². The van der Waals surface area contributed by atoms with Gasteiger partial charge in [-0.15, -0.1) is 0 Å². The Morgan fingerprint density at radius 3 is 1.75 bits per heavy atom. The molecular weight excluding hydrogens is 192 g/mol. The summed E-state index contributed by atoms with van der Waals surface area (Å²) in [5, 5.41) is 0. The zero-order valence-electron chi connectivity index (χ0n) is 12.8. The summed E-state index contributed by atoms with van der Waals surface area (Å²) in [4.78, 5) is 0. The van der Waals surface area contributed by atoms with Crippen LogP contribution in [0, 0.1) is 23.2 Å². The molecular formula is C16H34. The molecule has 0 bridgehead atoms. The monoisotopic (exact) mass is 226 g/mol. The van der Waals surface area contributed by atoms with E-state index in [4.69, 9.17) is 0 Å². The first-order valence-electron chi connectivity index (χ1n) is 7.45. The van der Waals surface area contributed by atoms with Crippen LogP contribution in [0.1, 0.15) is 80.6 Å². The van der Waals surface area contributed by atoms with Crippen molar-refractivity contribution in [1.82, 2.24) is 0 Å². The van der Waals surface area contributed by atoms with E-state index in [1.54, 1.807) is 0 Å². The molecule has 0 heterocycles. The van der Waals surface area contributed by atoms with Crippen molar-refractivity contribution in [3.05, 3.63) is 0 Å². The molecule has 0 amide bonds. The molecule has 0 aromatic rings. The van der Waals surface area contributed by atoms with Gasteiger partial charge in [0.15, 0.2) is 0 Å². The fraction of sp³-hybridized carbons (Fsp3) is 1.00. The van der Waals surface area contributed by atoms with E-state index in [1.165, 1.54) is 32.1 Å². The summed E-state index contributed by atoms with van der Waals surface area (Å²) >= 11 is 0. The van der Waals surface area contributed by atoms with Gasteiger partial charge in [-0.25, -0.2) is 0 Å². The lowest BCUT2D eigenvalue weighted by Gasteiger charge is -2.43. The first-order valence-corrected chi connectivity index (χ1v) is 7.45. The highest BCUT2D eigenvalue weighted by Crippen LogP contribution is 2.45. The second-order valence-electron chi connectivity index (χ2n) is 6.12. The van der Waals surface area contributed by atoms with E-state index in [2.05, 4.69) is 48.5 Å². The van der Waals surface area contributed by atoms with Gasteiger partial charge in [0, 0.05) is 0 Å². The van der Waals surface area contributed by atoms with Crippen molar-refractivity contribution in [2.24, 2.45) is 23.2 Å². The quantitative estimate of drug-likeness (QED) is 0.482. The van der Waals surface area contributed by atoms with Crippen LogP contribution < -0.4 is 0 Å². The van der Waals surface area contributed by atoms with Crippen molar-refractivity contribution in [2.75, 3.05) is 0 Å². The molecule has 98 valence electrons. The Labute approximate surface area is 104 Å². The van der Waals surface area contributed by atoms with E-state index < -0.39 is 0 Å². The molecule has 0 aliphatic carbocycles. The Balaban J connectivity index is 4.80. The summed E-state index contributed by atoms with van der Waals surface area (Å²) in [6.45, 7) is 16.9. The van der Waals surface area contributed by atoms with Gasteiger partial charge in [0.2, 0.25) is 0 Å². The molecule has 0 aromatic carbocycles. The molecule has 0 radical (unpaired) electrons. The molecule has 0 saturated carbocycles. The third kappa shape index (κ3) is 3.79. The van der Waals surface area contributed by atoms with Crippen molar-refractivity contribution in [2.45, 2.75) is 80.6 Å². The second kappa shape index (κ2) is 7.35. The van der Waals surface area contributed by atoms with Crippen LogP contribution in [0.5, 0.6) is 0 Å². The maximum absolute atomic E-state index is 2.51. The van der Waals surface area contributed by atoms with Gasteiger partial charge in [-0.05, 0) is 23.2 Å². The first-order chi connectivity index (χ1) is 7.45. The molecule has 0 spiro atoms. The lowest BCUT2D eigenvalue weighted by Crippen LogP contribution is -2.35. The molecule has 0 aromatic heterocycles. The summed E-state index contributed by atoms with van der Waals surface area (Å²) in [7, 11) is 0. The third-order valence-electron chi connectivity index (χ3n) is 4.91. The van der Waals surface area contributed by atoms with Crippen LogP contribution in [0.15, 0.2) is 0 Å². The SMILES string of the molecule is CCCC(CC)C(C)(C)C(CC)C(C)CC. The predicted octanol–water partition coefficient (Wildman–Crippen LogP) is 5.91. The van der Waals surface area contributed by atoms with Gasteiger partial charge in [0.05, 0.1) is 0 Å². The average molecular weight is 226 g/mol. The molecule has 0 N–H and O–H groups in total.